The van der Waals surface area contributed by atoms with Gasteiger partial charge in [0.15, 0.2) is 0 Å². The normalized spacial score (nSPS) is 11.1. The van der Waals surface area contributed by atoms with Crippen molar-refractivity contribution in [2.24, 2.45) is 0 Å². The van der Waals surface area contributed by atoms with E-state index in [2.05, 4.69) is 31.0 Å². The predicted molar refractivity (Wildman–Crippen MR) is 75.1 cm³/mol. The average Bonchev–Trinajstić information content (AvgIpc) is 2.67. The molecule has 3 aromatic rings. The fraction of sp³-hybridized carbons (Fsp3) is 0.154. The third-order valence-electron chi connectivity index (χ3n) is 2.90. The second kappa shape index (κ2) is 4.31. The van der Waals surface area contributed by atoms with Crippen LogP contribution in [0.3, 0.4) is 0 Å². The average molecular weight is 319 g/mol. The largest absolute Gasteiger partial charge is 0.507 e. The van der Waals surface area contributed by atoms with Gasteiger partial charge in [0.25, 0.3) is 5.78 Å². The molecule has 6 heteroatoms. The van der Waals surface area contributed by atoms with Gasteiger partial charge in [-0.1, -0.05) is 6.07 Å². The van der Waals surface area contributed by atoms with E-state index in [1.54, 1.807) is 16.8 Å². The van der Waals surface area contributed by atoms with Crippen molar-refractivity contribution in [3.63, 3.8) is 0 Å². The maximum absolute atomic E-state index is 10.1. The summed E-state index contributed by atoms with van der Waals surface area (Å²) >= 11 is 3.21. The summed E-state index contributed by atoms with van der Waals surface area (Å²) in [6.45, 7) is 3.90. The van der Waals surface area contributed by atoms with E-state index in [1.807, 2.05) is 26.0 Å². The first-order chi connectivity index (χ1) is 9.04. The standard InChI is InChI=1S/C13H11BrN4O/c1-7-5-8(2)11(10(19)6-7)9-3-4-18-13(15-9)16-12(14)17-18/h3-6,19H,1-2H3. The van der Waals surface area contributed by atoms with Crippen LogP contribution in [0.2, 0.25) is 0 Å². The maximum Gasteiger partial charge on any atom is 0.253 e. The van der Waals surface area contributed by atoms with Crippen LogP contribution in [-0.2, 0) is 0 Å². The van der Waals surface area contributed by atoms with Gasteiger partial charge < -0.3 is 5.11 Å². The molecule has 0 saturated carbocycles. The number of halogens is 1. The number of benzene rings is 1. The van der Waals surface area contributed by atoms with Gasteiger partial charge in [-0.3, -0.25) is 0 Å². The Bertz CT molecular complexity index is 758. The highest BCUT2D eigenvalue weighted by molar-refractivity contribution is 9.10. The third-order valence-corrected chi connectivity index (χ3v) is 3.23. The van der Waals surface area contributed by atoms with E-state index in [0.29, 0.717) is 16.2 Å². The molecule has 0 aliphatic heterocycles. The number of phenolic OH excluding ortho intramolecular Hbond substituents is 1. The number of aromatic nitrogens is 4. The van der Waals surface area contributed by atoms with Crippen LogP contribution in [0, 0.1) is 13.8 Å². The number of fused-ring (bicyclic) bond motifs is 1. The molecule has 3 rings (SSSR count). The zero-order valence-corrected chi connectivity index (χ0v) is 12.0. The summed E-state index contributed by atoms with van der Waals surface area (Å²) in [4.78, 5) is 8.57. The Morgan fingerprint density at radius 1 is 1.21 bits per heavy atom. The lowest BCUT2D eigenvalue weighted by molar-refractivity contribution is 0.476. The SMILES string of the molecule is Cc1cc(C)c(-c2ccn3nc(Br)nc3n2)c(O)c1. The zero-order chi connectivity index (χ0) is 13.6. The second-order valence-corrected chi connectivity index (χ2v) is 5.12. The summed E-state index contributed by atoms with van der Waals surface area (Å²) in [6, 6.07) is 5.56. The van der Waals surface area contributed by atoms with Gasteiger partial charge in [0, 0.05) is 11.8 Å². The van der Waals surface area contributed by atoms with E-state index in [1.165, 1.54) is 0 Å². The lowest BCUT2D eigenvalue weighted by Crippen LogP contribution is -1.94. The van der Waals surface area contributed by atoms with E-state index in [9.17, 15) is 5.11 Å². The molecule has 1 aromatic carbocycles. The van der Waals surface area contributed by atoms with Crippen LogP contribution in [0.4, 0.5) is 0 Å². The van der Waals surface area contributed by atoms with Crippen molar-refractivity contribution in [2.75, 3.05) is 0 Å². The van der Waals surface area contributed by atoms with E-state index in [4.69, 9.17) is 0 Å². The Kier molecular flexibility index (Phi) is 2.74. The molecule has 0 aliphatic carbocycles. The van der Waals surface area contributed by atoms with Crippen molar-refractivity contribution in [1.82, 2.24) is 19.6 Å². The molecule has 0 aliphatic rings. The lowest BCUT2D eigenvalue weighted by atomic mass is 10.0. The van der Waals surface area contributed by atoms with Crippen molar-refractivity contribution in [2.45, 2.75) is 13.8 Å². The maximum atomic E-state index is 10.1. The molecule has 0 bridgehead atoms. The summed E-state index contributed by atoms with van der Waals surface area (Å²) < 4.78 is 2.07. The van der Waals surface area contributed by atoms with Crippen molar-refractivity contribution in [3.05, 3.63) is 40.3 Å². The van der Waals surface area contributed by atoms with Gasteiger partial charge in [-0.05, 0) is 53.0 Å². The van der Waals surface area contributed by atoms with Crippen LogP contribution in [0.1, 0.15) is 11.1 Å². The van der Waals surface area contributed by atoms with Crippen LogP contribution in [0.15, 0.2) is 29.1 Å². The Morgan fingerprint density at radius 3 is 2.74 bits per heavy atom. The Morgan fingerprint density at radius 2 is 2.00 bits per heavy atom. The zero-order valence-electron chi connectivity index (χ0n) is 10.4. The number of rotatable bonds is 1. The fourth-order valence-electron chi connectivity index (χ4n) is 2.17. The van der Waals surface area contributed by atoms with Gasteiger partial charge in [0.1, 0.15) is 5.75 Å². The molecule has 2 heterocycles. The first-order valence-electron chi connectivity index (χ1n) is 5.74. The summed E-state index contributed by atoms with van der Waals surface area (Å²) in [5, 5.41) is 14.2. The van der Waals surface area contributed by atoms with Crippen molar-refractivity contribution in [3.8, 4) is 17.0 Å². The Labute approximate surface area is 118 Å². The van der Waals surface area contributed by atoms with Gasteiger partial charge in [-0.2, -0.15) is 4.98 Å². The van der Waals surface area contributed by atoms with Crippen LogP contribution >= 0.6 is 15.9 Å². The number of aromatic hydroxyl groups is 1. The summed E-state index contributed by atoms with van der Waals surface area (Å²) in [5.74, 6) is 0.719. The number of aryl methyl sites for hydroxylation is 2. The topological polar surface area (TPSA) is 63.3 Å². The molecule has 0 atom stereocenters. The molecule has 2 aromatic heterocycles. The molecule has 5 nitrogen and oxygen atoms in total. The minimum atomic E-state index is 0.230. The van der Waals surface area contributed by atoms with Crippen molar-refractivity contribution in [1.29, 1.82) is 0 Å². The van der Waals surface area contributed by atoms with Crippen molar-refractivity contribution >= 4 is 21.7 Å². The lowest BCUT2D eigenvalue weighted by Gasteiger charge is -2.09. The van der Waals surface area contributed by atoms with Crippen LogP contribution in [0.25, 0.3) is 17.0 Å². The molecule has 1 N–H and O–H groups in total. The second-order valence-electron chi connectivity index (χ2n) is 4.41. The molecule has 0 spiro atoms. The number of phenols is 1. The summed E-state index contributed by atoms with van der Waals surface area (Å²) in [6.07, 6.45) is 1.77. The van der Waals surface area contributed by atoms with Gasteiger partial charge in [-0.25, -0.2) is 9.50 Å². The monoisotopic (exact) mass is 318 g/mol. The van der Waals surface area contributed by atoms with E-state index in [-0.39, 0.29) is 5.75 Å². The van der Waals surface area contributed by atoms with Gasteiger partial charge in [-0.15, -0.1) is 5.10 Å². The fourth-order valence-corrected chi connectivity index (χ4v) is 2.50. The Hall–Kier alpha value is -1.95. The summed E-state index contributed by atoms with van der Waals surface area (Å²) in [5.41, 5.74) is 3.41. The molecule has 0 unspecified atom stereocenters. The molecular formula is C13H11BrN4O. The highest BCUT2D eigenvalue weighted by Gasteiger charge is 2.12. The predicted octanol–water partition coefficient (Wildman–Crippen LogP) is 2.88. The van der Waals surface area contributed by atoms with Gasteiger partial charge in [0.2, 0.25) is 4.73 Å². The number of hydrogen-bond donors (Lipinski definition) is 1. The Balaban J connectivity index is 2.24. The molecule has 96 valence electrons. The quantitative estimate of drug-likeness (QED) is 0.749. The minimum absolute atomic E-state index is 0.230. The van der Waals surface area contributed by atoms with Crippen LogP contribution < -0.4 is 0 Å². The number of hydrogen-bond acceptors (Lipinski definition) is 4. The van der Waals surface area contributed by atoms with Crippen LogP contribution in [0.5, 0.6) is 5.75 Å². The van der Waals surface area contributed by atoms with Gasteiger partial charge >= 0.3 is 0 Å². The first kappa shape index (κ1) is 12.1. The first-order valence-corrected chi connectivity index (χ1v) is 6.53. The molecule has 0 fully saturated rings. The molecular weight excluding hydrogens is 308 g/mol. The molecule has 19 heavy (non-hydrogen) atoms. The minimum Gasteiger partial charge on any atom is -0.507 e. The van der Waals surface area contributed by atoms with E-state index in [0.717, 1.165) is 16.7 Å². The number of nitrogens with zero attached hydrogens (tertiary/aromatic N) is 4. The van der Waals surface area contributed by atoms with Gasteiger partial charge in [0.05, 0.1) is 5.69 Å². The van der Waals surface area contributed by atoms with E-state index < -0.39 is 0 Å². The van der Waals surface area contributed by atoms with Crippen LogP contribution in [-0.4, -0.2) is 24.7 Å². The summed E-state index contributed by atoms with van der Waals surface area (Å²) in [7, 11) is 0. The highest BCUT2D eigenvalue weighted by Crippen LogP contribution is 2.32. The third kappa shape index (κ3) is 2.08. The smallest absolute Gasteiger partial charge is 0.253 e. The highest BCUT2D eigenvalue weighted by atomic mass is 79.9. The molecule has 0 radical (unpaired) electrons. The molecule has 0 saturated heterocycles. The van der Waals surface area contributed by atoms with Crippen molar-refractivity contribution < 1.29 is 5.11 Å². The van der Waals surface area contributed by atoms with E-state index >= 15 is 0 Å². The molecule has 0 amide bonds.